The van der Waals surface area contributed by atoms with Crippen molar-refractivity contribution in [1.82, 2.24) is 0 Å². The lowest BCUT2D eigenvalue weighted by molar-refractivity contribution is 0.149. The third-order valence-corrected chi connectivity index (χ3v) is 9.49. The van der Waals surface area contributed by atoms with E-state index in [1.54, 1.807) is 83.5 Å². The molecule has 1 unspecified atom stereocenters. The molecule has 0 saturated heterocycles. The van der Waals surface area contributed by atoms with Crippen molar-refractivity contribution in [3.63, 3.8) is 0 Å². The Hall–Kier alpha value is 0. The van der Waals surface area contributed by atoms with Gasteiger partial charge in [0.2, 0.25) is 0 Å². The maximum atomic E-state index is 2.37. The van der Waals surface area contributed by atoms with Gasteiger partial charge in [0.1, 0.15) is 0 Å². The molecule has 1 atom stereocenters. The molecule has 0 radical (unpaired) electrons. The average molecular weight is 403 g/mol. The van der Waals surface area contributed by atoms with E-state index < -0.39 is 0 Å². The molecule has 0 nitrogen and oxygen atoms in total. The highest BCUT2D eigenvalue weighted by atomic mass is 14.4. The van der Waals surface area contributed by atoms with Crippen molar-refractivity contribution in [3.8, 4) is 0 Å². The first-order valence-corrected chi connectivity index (χ1v) is 14.3. The quantitative estimate of drug-likeness (QED) is 0.322. The molecule has 0 aromatic heterocycles. The van der Waals surface area contributed by atoms with E-state index in [0.29, 0.717) is 0 Å². The Labute approximate surface area is 184 Å². The van der Waals surface area contributed by atoms with Crippen LogP contribution in [0, 0.1) is 35.5 Å². The predicted octanol–water partition coefficient (Wildman–Crippen LogP) is 9.96. The summed E-state index contributed by atoms with van der Waals surface area (Å²) in [4.78, 5) is 0. The van der Waals surface area contributed by atoms with Crippen LogP contribution in [0.2, 0.25) is 0 Å². The van der Waals surface area contributed by atoms with E-state index in [-0.39, 0.29) is 0 Å². The summed E-state index contributed by atoms with van der Waals surface area (Å²) >= 11 is 0. The standard InChI is InChI=1S/C29H54/c1-3-5-10-25-17-19-27(20-18-25)23-29(28-11-7-6-8-12-28)22-21-26-15-13-24(9-4-2)14-16-26/h24-29H,3-23H2,1-2H3. The molecular weight excluding hydrogens is 348 g/mol. The van der Waals surface area contributed by atoms with Crippen molar-refractivity contribution < 1.29 is 0 Å². The summed E-state index contributed by atoms with van der Waals surface area (Å²) in [6.45, 7) is 4.73. The van der Waals surface area contributed by atoms with Gasteiger partial charge < -0.3 is 0 Å². The molecule has 3 saturated carbocycles. The van der Waals surface area contributed by atoms with Gasteiger partial charge in [0.05, 0.1) is 0 Å². The van der Waals surface area contributed by atoms with E-state index in [2.05, 4.69) is 13.8 Å². The van der Waals surface area contributed by atoms with Gasteiger partial charge in [0.15, 0.2) is 0 Å². The molecule has 0 heterocycles. The van der Waals surface area contributed by atoms with E-state index in [0.717, 1.165) is 35.5 Å². The molecule has 0 N–H and O–H groups in total. The van der Waals surface area contributed by atoms with Crippen molar-refractivity contribution in [3.05, 3.63) is 0 Å². The van der Waals surface area contributed by atoms with Crippen molar-refractivity contribution in [2.75, 3.05) is 0 Å². The van der Waals surface area contributed by atoms with Crippen LogP contribution in [0.25, 0.3) is 0 Å². The molecule has 3 rings (SSSR count). The van der Waals surface area contributed by atoms with E-state index in [1.807, 2.05) is 0 Å². The lowest BCUT2D eigenvalue weighted by Crippen LogP contribution is -2.24. The monoisotopic (exact) mass is 402 g/mol. The fourth-order valence-corrected chi connectivity index (χ4v) is 7.50. The first kappa shape index (κ1) is 23.7. The Morgan fingerprint density at radius 1 is 0.552 bits per heavy atom. The van der Waals surface area contributed by atoms with E-state index in [4.69, 9.17) is 0 Å². The molecule has 3 fully saturated rings. The van der Waals surface area contributed by atoms with Crippen molar-refractivity contribution in [2.45, 2.75) is 149 Å². The van der Waals surface area contributed by atoms with Gasteiger partial charge in [-0.2, -0.15) is 0 Å². The maximum Gasteiger partial charge on any atom is -0.0383 e. The number of hydrogen-bond acceptors (Lipinski definition) is 0. The van der Waals surface area contributed by atoms with Gasteiger partial charge in [-0.05, 0) is 48.3 Å². The normalized spacial score (nSPS) is 32.9. The second kappa shape index (κ2) is 13.4. The summed E-state index contributed by atoms with van der Waals surface area (Å²) in [5.41, 5.74) is 0. The lowest BCUT2D eigenvalue weighted by Gasteiger charge is -2.37. The summed E-state index contributed by atoms with van der Waals surface area (Å²) in [7, 11) is 0. The lowest BCUT2D eigenvalue weighted by atomic mass is 9.69. The molecule has 0 spiro atoms. The fourth-order valence-electron chi connectivity index (χ4n) is 7.50. The first-order chi connectivity index (χ1) is 14.3. The third-order valence-electron chi connectivity index (χ3n) is 9.49. The minimum atomic E-state index is 1.08. The Morgan fingerprint density at radius 2 is 1.10 bits per heavy atom. The van der Waals surface area contributed by atoms with Gasteiger partial charge in [-0.15, -0.1) is 0 Å². The maximum absolute atomic E-state index is 2.37. The van der Waals surface area contributed by atoms with Gasteiger partial charge >= 0.3 is 0 Å². The van der Waals surface area contributed by atoms with Gasteiger partial charge in [-0.25, -0.2) is 0 Å². The van der Waals surface area contributed by atoms with Gasteiger partial charge in [0.25, 0.3) is 0 Å². The van der Waals surface area contributed by atoms with Crippen molar-refractivity contribution >= 4 is 0 Å². The van der Waals surface area contributed by atoms with Gasteiger partial charge in [0, 0.05) is 0 Å². The van der Waals surface area contributed by atoms with E-state index >= 15 is 0 Å². The molecule has 0 heteroatoms. The molecule has 170 valence electrons. The topological polar surface area (TPSA) is 0 Å². The SMILES string of the molecule is CCCCC1CCC(CC(CCC2CCC(CCC)CC2)C2CCCCC2)CC1. The highest BCUT2D eigenvalue weighted by Crippen LogP contribution is 2.43. The molecule has 3 aliphatic rings. The van der Waals surface area contributed by atoms with E-state index in [9.17, 15) is 0 Å². The molecule has 0 aromatic carbocycles. The summed E-state index contributed by atoms with van der Waals surface area (Å²) in [5, 5.41) is 0. The summed E-state index contributed by atoms with van der Waals surface area (Å²) in [5.74, 6) is 6.50. The minimum Gasteiger partial charge on any atom is -0.0654 e. The van der Waals surface area contributed by atoms with Crippen molar-refractivity contribution in [1.29, 1.82) is 0 Å². The molecule has 29 heavy (non-hydrogen) atoms. The molecule has 3 aliphatic carbocycles. The van der Waals surface area contributed by atoms with Crippen LogP contribution in [0.15, 0.2) is 0 Å². The van der Waals surface area contributed by atoms with Gasteiger partial charge in [-0.3, -0.25) is 0 Å². The molecule has 0 aliphatic heterocycles. The van der Waals surface area contributed by atoms with Crippen LogP contribution in [0.5, 0.6) is 0 Å². The van der Waals surface area contributed by atoms with Crippen LogP contribution in [0.1, 0.15) is 149 Å². The Morgan fingerprint density at radius 3 is 1.69 bits per heavy atom. The Bertz CT molecular complexity index is 390. The number of rotatable bonds is 11. The third kappa shape index (κ3) is 8.22. The van der Waals surface area contributed by atoms with E-state index in [1.165, 1.54) is 51.4 Å². The zero-order valence-electron chi connectivity index (χ0n) is 20.3. The van der Waals surface area contributed by atoms with Crippen molar-refractivity contribution in [2.24, 2.45) is 35.5 Å². The summed E-state index contributed by atoms with van der Waals surface area (Å²) in [6, 6.07) is 0. The Kier molecular flexibility index (Phi) is 10.9. The van der Waals surface area contributed by atoms with Crippen LogP contribution < -0.4 is 0 Å². The molecule has 0 bridgehead atoms. The van der Waals surface area contributed by atoms with Gasteiger partial charge in [-0.1, -0.05) is 136 Å². The van der Waals surface area contributed by atoms with Crippen LogP contribution >= 0.6 is 0 Å². The summed E-state index contributed by atoms with van der Waals surface area (Å²) < 4.78 is 0. The highest BCUT2D eigenvalue weighted by molar-refractivity contribution is 4.82. The van der Waals surface area contributed by atoms with Crippen LogP contribution in [0.3, 0.4) is 0 Å². The molecular formula is C29H54. The zero-order valence-corrected chi connectivity index (χ0v) is 20.3. The highest BCUT2D eigenvalue weighted by Gasteiger charge is 2.30. The minimum absolute atomic E-state index is 1.08. The summed E-state index contributed by atoms with van der Waals surface area (Å²) in [6.07, 6.45) is 32.3. The second-order valence-corrected chi connectivity index (χ2v) is 11.7. The zero-order chi connectivity index (χ0) is 20.3. The molecule has 0 aromatic rings. The second-order valence-electron chi connectivity index (χ2n) is 11.7. The van der Waals surface area contributed by atoms with Crippen LogP contribution in [0.4, 0.5) is 0 Å². The van der Waals surface area contributed by atoms with Crippen LogP contribution in [-0.4, -0.2) is 0 Å². The number of unbranched alkanes of at least 4 members (excludes halogenated alkanes) is 1. The largest absolute Gasteiger partial charge is 0.0654 e. The first-order valence-electron chi connectivity index (χ1n) is 14.3. The molecule has 0 amide bonds. The predicted molar refractivity (Wildman–Crippen MR) is 129 cm³/mol. The smallest absolute Gasteiger partial charge is 0.0383 e. The van der Waals surface area contributed by atoms with Crippen LogP contribution in [-0.2, 0) is 0 Å². The average Bonchev–Trinajstić information content (AvgIpc) is 2.78. The fraction of sp³-hybridized carbons (Fsp3) is 1.00. The number of hydrogen-bond donors (Lipinski definition) is 0. The Balaban J connectivity index is 1.43.